The Morgan fingerprint density at radius 2 is 2.06 bits per heavy atom. The number of hydrogen-bond donors (Lipinski definition) is 2. The van der Waals surface area contributed by atoms with Gasteiger partial charge in [0.2, 0.25) is 2.57 Å². The first-order chi connectivity index (χ1) is 7.72. The Bertz CT molecular complexity index is 502. The Morgan fingerprint density at radius 1 is 1.47 bits per heavy atom. The van der Waals surface area contributed by atoms with Crippen LogP contribution in [0, 0.1) is 0 Å². The third kappa shape index (κ3) is 3.01. The van der Waals surface area contributed by atoms with Gasteiger partial charge in [-0.05, 0) is 17.7 Å². The number of benzene rings is 1. The smallest absolute Gasteiger partial charge is 0.210 e. The van der Waals surface area contributed by atoms with Crippen molar-refractivity contribution in [2.75, 3.05) is 11.5 Å². The van der Waals surface area contributed by atoms with Crippen LogP contribution in [0.4, 0.5) is 5.69 Å². The summed E-state index contributed by atoms with van der Waals surface area (Å²) in [4.78, 5) is 0. The van der Waals surface area contributed by atoms with Crippen LogP contribution in [0.5, 0.6) is 0 Å². The van der Waals surface area contributed by atoms with Crippen LogP contribution in [-0.2, 0) is 9.84 Å². The molecular formula is C10H13Br2NO3S. The van der Waals surface area contributed by atoms with E-state index in [2.05, 4.69) is 31.9 Å². The summed E-state index contributed by atoms with van der Waals surface area (Å²) in [5.74, 6) is -0.0944. The molecule has 1 aromatic carbocycles. The monoisotopic (exact) mass is 385 g/mol. The van der Waals surface area contributed by atoms with Crippen LogP contribution in [0.2, 0.25) is 0 Å². The molecule has 0 bridgehead atoms. The third-order valence-corrected chi connectivity index (χ3v) is 7.98. The predicted molar refractivity (Wildman–Crippen MR) is 75.9 cm³/mol. The van der Waals surface area contributed by atoms with Gasteiger partial charge in [-0.3, -0.25) is 0 Å². The molecule has 0 radical (unpaired) electrons. The summed E-state index contributed by atoms with van der Waals surface area (Å²) in [6, 6.07) is 6.47. The van der Waals surface area contributed by atoms with Crippen molar-refractivity contribution in [2.24, 2.45) is 0 Å². The van der Waals surface area contributed by atoms with Crippen LogP contribution in [0.15, 0.2) is 24.3 Å². The molecule has 4 nitrogen and oxygen atoms in total. The number of nitrogen functional groups attached to an aromatic ring is 1. The zero-order valence-electron chi connectivity index (χ0n) is 9.10. The van der Waals surface area contributed by atoms with Gasteiger partial charge < -0.3 is 10.8 Å². The van der Waals surface area contributed by atoms with Crippen molar-refractivity contribution in [1.82, 2.24) is 0 Å². The van der Waals surface area contributed by atoms with Crippen molar-refractivity contribution in [3.05, 3.63) is 29.8 Å². The van der Waals surface area contributed by atoms with Crippen LogP contribution in [0.1, 0.15) is 18.6 Å². The fourth-order valence-electron chi connectivity index (χ4n) is 1.29. The van der Waals surface area contributed by atoms with Gasteiger partial charge >= 0.3 is 0 Å². The van der Waals surface area contributed by atoms with Gasteiger partial charge in [0, 0.05) is 11.4 Å². The lowest BCUT2D eigenvalue weighted by atomic mass is 10.1. The number of anilines is 1. The minimum atomic E-state index is -3.52. The number of halogens is 2. The van der Waals surface area contributed by atoms with Crippen LogP contribution in [0.25, 0.3) is 0 Å². The van der Waals surface area contributed by atoms with Crippen molar-refractivity contribution in [3.8, 4) is 0 Å². The molecule has 17 heavy (non-hydrogen) atoms. The van der Waals surface area contributed by atoms with E-state index in [1.54, 1.807) is 18.2 Å². The number of nitrogens with two attached hydrogens (primary N) is 1. The van der Waals surface area contributed by atoms with E-state index in [0.717, 1.165) is 0 Å². The van der Waals surface area contributed by atoms with E-state index in [4.69, 9.17) is 5.73 Å². The standard InChI is InChI=1S/C10H13Br2NO3S/c1-2-17(15,16)10(11,12)9(14)7-4-3-5-8(13)6-7/h3-6,9,14H,2,13H2,1H3. The van der Waals surface area contributed by atoms with Crippen molar-refractivity contribution < 1.29 is 13.5 Å². The topological polar surface area (TPSA) is 80.4 Å². The fourth-order valence-corrected chi connectivity index (χ4v) is 4.05. The normalized spacial score (nSPS) is 14.6. The zero-order valence-corrected chi connectivity index (χ0v) is 13.1. The Labute approximate surface area is 117 Å². The highest BCUT2D eigenvalue weighted by atomic mass is 79.9. The van der Waals surface area contributed by atoms with E-state index in [9.17, 15) is 13.5 Å². The van der Waals surface area contributed by atoms with E-state index in [1.807, 2.05) is 0 Å². The van der Waals surface area contributed by atoms with Crippen LogP contribution < -0.4 is 5.73 Å². The Balaban J connectivity index is 3.17. The van der Waals surface area contributed by atoms with Crippen molar-refractivity contribution >= 4 is 47.4 Å². The summed E-state index contributed by atoms with van der Waals surface area (Å²) < 4.78 is 22.1. The third-order valence-electron chi connectivity index (χ3n) is 2.34. The largest absolute Gasteiger partial charge is 0.399 e. The molecule has 3 N–H and O–H groups in total. The van der Waals surface area contributed by atoms with Gasteiger partial charge in [0.05, 0.1) is 0 Å². The van der Waals surface area contributed by atoms with Gasteiger partial charge in [0.15, 0.2) is 9.84 Å². The van der Waals surface area contributed by atoms with Gasteiger partial charge in [-0.1, -0.05) is 50.9 Å². The molecular weight excluding hydrogens is 374 g/mol. The number of sulfone groups is 1. The Morgan fingerprint density at radius 3 is 2.53 bits per heavy atom. The van der Waals surface area contributed by atoms with Gasteiger partial charge in [-0.2, -0.15) is 0 Å². The number of aliphatic hydroxyl groups excluding tert-OH is 1. The molecule has 1 atom stereocenters. The van der Waals surface area contributed by atoms with Crippen molar-refractivity contribution in [2.45, 2.75) is 15.6 Å². The Kier molecular flexibility index (Phi) is 4.62. The van der Waals surface area contributed by atoms with E-state index >= 15 is 0 Å². The fraction of sp³-hybridized carbons (Fsp3) is 0.400. The van der Waals surface area contributed by atoms with Gasteiger partial charge in [0.1, 0.15) is 6.10 Å². The molecule has 0 fully saturated rings. The second-order valence-electron chi connectivity index (χ2n) is 3.54. The first kappa shape index (κ1) is 14.9. The molecule has 0 aliphatic rings. The summed E-state index contributed by atoms with van der Waals surface area (Å²) in [6.07, 6.45) is -1.25. The highest BCUT2D eigenvalue weighted by Gasteiger charge is 2.45. The van der Waals surface area contributed by atoms with Crippen LogP contribution in [-0.4, -0.2) is 21.8 Å². The summed E-state index contributed by atoms with van der Waals surface area (Å²) in [6.45, 7) is 1.51. The maximum absolute atomic E-state index is 11.8. The average molecular weight is 387 g/mol. The molecule has 0 saturated carbocycles. The molecule has 1 aromatic rings. The molecule has 0 spiro atoms. The van der Waals surface area contributed by atoms with E-state index in [0.29, 0.717) is 11.3 Å². The quantitative estimate of drug-likeness (QED) is 0.613. The molecule has 1 rings (SSSR count). The minimum Gasteiger partial charge on any atom is -0.399 e. The molecule has 7 heteroatoms. The molecule has 0 heterocycles. The highest BCUT2D eigenvalue weighted by Crippen LogP contribution is 2.44. The second kappa shape index (κ2) is 5.26. The first-order valence-electron chi connectivity index (χ1n) is 4.86. The van der Waals surface area contributed by atoms with Gasteiger partial charge in [0.25, 0.3) is 0 Å². The Hall–Kier alpha value is -0.110. The van der Waals surface area contributed by atoms with Crippen molar-refractivity contribution in [1.29, 1.82) is 0 Å². The average Bonchev–Trinajstić information content (AvgIpc) is 2.27. The molecule has 96 valence electrons. The second-order valence-corrected chi connectivity index (χ2v) is 10.6. The number of aliphatic hydroxyl groups is 1. The van der Waals surface area contributed by atoms with Crippen molar-refractivity contribution in [3.63, 3.8) is 0 Å². The highest BCUT2D eigenvalue weighted by molar-refractivity contribution is 9.28. The number of alkyl halides is 2. The summed E-state index contributed by atoms with van der Waals surface area (Å²) in [5.41, 5.74) is 6.48. The van der Waals surface area contributed by atoms with Crippen LogP contribution in [0.3, 0.4) is 0 Å². The lowest BCUT2D eigenvalue weighted by molar-refractivity contribution is 0.189. The zero-order chi connectivity index (χ0) is 13.3. The summed E-state index contributed by atoms with van der Waals surface area (Å²) in [5, 5.41) is 10.1. The molecule has 1 unspecified atom stereocenters. The lowest BCUT2D eigenvalue weighted by Crippen LogP contribution is -2.33. The van der Waals surface area contributed by atoms with Gasteiger partial charge in [-0.25, -0.2) is 8.42 Å². The van der Waals surface area contributed by atoms with E-state index in [-0.39, 0.29) is 5.75 Å². The summed E-state index contributed by atoms with van der Waals surface area (Å²) in [7, 11) is -3.52. The maximum atomic E-state index is 11.8. The molecule has 0 aromatic heterocycles. The van der Waals surface area contributed by atoms with E-state index < -0.39 is 18.5 Å². The SMILES string of the molecule is CCS(=O)(=O)C(Br)(Br)C(O)c1cccc(N)c1. The van der Waals surface area contributed by atoms with Gasteiger partial charge in [-0.15, -0.1) is 0 Å². The lowest BCUT2D eigenvalue weighted by Gasteiger charge is -2.26. The predicted octanol–water partition coefficient (Wildman–Crippen LogP) is 2.18. The molecule has 0 aliphatic heterocycles. The first-order valence-corrected chi connectivity index (χ1v) is 8.10. The molecule has 0 aliphatic carbocycles. The number of hydrogen-bond acceptors (Lipinski definition) is 4. The van der Waals surface area contributed by atoms with E-state index in [1.165, 1.54) is 13.0 Å². The molecule has 0 saturated heterocycles. The van der Waals surface area contributed by atoms with Crippen LogP contribution >= 0.6 is 31.9 Å². The molecule has 0 amide bonds. The minimum absolute atomic E-state index is 0.0944. The number of rotatable bonds is 4. The maximum Gasteiger partial charge on any atom is 0.210 e. The summed E-state index contributed by atoms with van der Waals surface area (Å²) >= 11 is 6.06.